The van der Waals surface area contributed by atoms with Gasteiger partial charge in [-0.1, -0.05) is 41.5 Å². The minimum atomic E-state index is -0.486. The summed E-state index contributed by atoms with van der Waals surface area (Å²) >= 11 is 0. The molecule has 0 saturated carbocycles. The van der Waals surface area contributed by atoms with Crippen molar-refractivity contribution in [2.24, 2.45) is 0 Å². The number of carbonyl (C=O) groups excluding carboxylic acids is 2. The third kappa shape index (κ3) is 11.5. The fourth-order valence-corrected chi connectivity index (χ4v) is 6.03. The van der Waals surface area contributed by atoms with Crippen molar-refractivity contribution in [2.45, 2.75) is 104 Å². The van der Waals surface area contributed by atoms with E-state index in [4.69, 9.17) is 9.47 Å². The van der Waals surface area contributed by atoms with Gasteiger partial charge in [-0.25, -0.2) is 24.5 Å². The van der Waals surface area contributed by atoms with Crippen LogP contribution >= 0.6 is 27.0 Å². The molecule has 0 radical (unpaired) electrons. The van der Waals surface area contributed by atoms with Gasteiger partial charge < -0.3 is 24.7 Å². The van der Waals surface area contributed by atoms with Crippen LogP contribution in [0.3, 0.4) is 0 Å². The molecule has 2 amide bonds. The number of H-pyrrole nitrogens is 1. The van der Waals surface area contributed by atoms with Crippen molar-refractivity contribution in [3.63, 3.8) is 0 Å². The van der Waals surface area contributed by atoms with E-state index in [1.165, 1.54) is 11.1 Å². The van der Waals surface area contributed by atoms with Crippen LogP contribution < -0.4 is 5.32 Å². The Morgan fingerprint density at radius 2 is 1.43 bits per heavy atom. The lowest BCUT2D eigenvalue weighted by atomic mass is 10.1. The molecule has 0 spiro atoms. The first-order valence-electron chi connectivity index (χ1n) is 17.2. The molecule has 2 N–H and O–H groups in total. The number of likely N-dealkylation sites (tertiary alicyclic amines) is 2. The molecular weight excluding hydrogens is 683 g/mol. The summed E-state index contributed by atoms with van der Waals surface area (Å²) in [5.74, 6) is 1.42. The maximum absolute atomic E-state index is 12.4. The second kappa shape index (κ2) is 17.5. The highest BCUT2D eigenvalue weighted by Crippen LogP contribution is 2.33. The summed E-state index contributed by atoms with van der Waals surface area (Å²) in [5, 5.41) is 4.30. The molecule has 6 rings (SSSR count). The Balaban J connectivity index is 0.000000265. The highest BCUT2D eigenvalue weighted by Gasteiger charge is 2.35. The largest absolute Gasteiger partial charge is 0.444 e. The van der Waals surface area contributed by atoms with Gasteiger partial charge in [0.2, 0.25) is 5.95 Å². The normalized spacial score (nSPS) is 17.2. The highest BCUT2D eigenvalue weighted by molar-refractivity contribution is 7.59. The lowest BCUT2D eigenvalue weighted by Crippen LogP contribution is -2.42. The molecule has 0 aliphatic carbocycles. The first kappa shape index (κ1) is 41.5. The van der Waals surface area contributed by atoms with Gasteiger partial charge in [0.25, 0.3) is 0 Å². The quantitative estimate of drug-likeness (QED) is 0.209. The Morgan fingerprint density at radius 3 is 2.10 bits per heavy atom. The van der Waals surface area contributed by atoms with E-state index in [1.807, 2.05) is 71.0 Å². The molecule has 11 nitrogen and oxygen atoms in total. The van der Waals surface area contributed by atoms with Gasteiger partial charge in [0, 0.05) is 31.2 Å². The monoisotopic (exact) mass is 737 g/mol. The standard InChI is InChI=1S/C19H26N4O2.C19H25N3O2.2H2S/c1-13-7-8-16-14(10-13)11-20-17(22-16)21-12-15-6-5-9-23(15)18(24)25-19(2,3)4;1-13-7-9-14(10-8-13)15-12-20-17(21-15)16-6-5-11-22(16)18(23)24-19(2,3)4;;/h7-8,10-11,15H,5-6,9,12H2,1-4H3,(H,20,21,22);7-10,12,16H,5-6,11H2,1-4H3,(H,20,21);2*1H2/t15-;16-;;/m00../s1. The number of carbonyl (C=O) groups is 2. The number of hydrogen-bond acceptors (Lipinski definition) is 8. The Morgan fingerprint density at radius 1 is 0.824 bits per heavy atom. The number of aromatic amines is 1. The van der Waals surface area contributed by atoms with Crippen LogP contribution in [0.15, 0.2) is 54.9 Å². The topological polar surface area (TPSA) is 126 Å². The van der Waals surface area contributed by atoms with Gasteiger partial charge in [0.1, 0.15) is 17.0 Å². The highest BCUT2D eigenvalue weighted by atomic mass is 32.1. The first-order valence-corrected chi connectivity index (χ1v) is 17.2. The van der Waals surface area contributed by atoms with E-state index in [1.54, 1.807) is 4.90 Å². The summed E-state index contributed by atoms with van der Waals surface area (Å²) in [7, 11) is 0. The number of aryl methyl sites for hydroxylation is 2. The number of hydrogen-bond donors (Lipinski definition) is 2. The molecule has 0 bridgehead atoms. The number of amides is 2. The SMILES string of the molecule is Cc1ccc(-c2cnc([C@@H]3CCCN3C(=O)OC(C)(C)C)[nH]2)cc1.Cc1ccc2nc(NC[C@@H]3CCCN3C(=O)OC(C)(C)C)ncc2c1.S.S. The van der Waals surface area contributed by atoms with Crippen LogP contribution in [0, 0.1) is 13.8 Å². The van der Waals surface area contributed by atoms with Gasteiger partial charge in [0.15, 0.2) is 0 Å². The molecule has 0 unspecified atom stereocenters. The molecule has 2 aromatic carbocycles. The molecule has 13 heteroatoms. The van der Waals surface area contributed by atoms with Gasteiger partial charge in [0.05, 0.1) is 29.5 Å². The number of nitrogens with zero attached hydrogens (tertiary/aromatic N) is 5. The number of aromatic nitrogens is 4. The van der Waals surface area contributed by atoms with Gasteiger partial charge in [-0.15, -0.1) is 0 Å². The summed E-state index contributed by atoms with van der Waals surface area (Å²) < 4.78 is 11.0. The smallest absolute Gasteiger partial charge is 0.410 e. The average Bonchev–Trinajstić information content (AvgIpc) is 3.80. The van der Waals surface area contributed by atoms with Gasteiger partial charge >= 0.3 is 12.2 Å². The Kier molecular flexibility index (Phi) is 14.2. The summed E-state index contributed by atoms with van der Waals surface area (Å²) in [6.45, 7) is 17.5. The maximum Gasteiger partial charge on any atom is 0.410 e. The number of rotatable bonds is 5. The Labute approximate surface area is 316 Å². The zero-order valence-electron chi connectivity index (χ0n) is 31.2. The van der Waals surface area contributed by atoms with E-state index >= 15 is 0 Å². The van der Waals surface area contributed by atoms with E-state index in [0.717, 1.165) is 60.2 Å². The summed E-state index contributed by atoms with van der Waals surface area (Å²) in [6, 6.07) is 14.5. The van der Waals surface area contributed by atoms with Crippen LogP contribution in [0.2, 0.25) is 0 Å². The molecule has 4 aromatic rings. The van der Waals surface area contributed by atoms with E-state index < -0.39 is 11.2 Å². The van der Waals surface area contributed by atoms with Crippen molar-refractivity contribution in [3.8, 4) is 11.3 Å². The Bertz CT molecular complexity index is 1750. The van der Waals surface area contributed by atoms with Crippen LogP contribution in [0.5, 0.6) is 0 Å². The zero-order valence-corrected chi connectivity index (χ0v) is 33.2. The lowest BCUT2D eigenvalue weighted by Gasteiger charge is -2.28. The lowest BCUT2D eigenvalue weighted by molar-refractivity contribution is 0.0213. The second-order valence-electron chi connectivity index (χ2n) is 15.0. The van der Waals surface area contributed by atoms with Crippen LogP contribution in [-0.2, 0) is 9.47 Å². The van der Waals surface area contributed by atoms with Crippen molar-refractivity contribution in [2.75, 3.05) is 25.0 Å². The molecule has 2 atom stereocenters. The zero-order chi connectivity index (χ0) is 35.3. The fourth-order valence-electron chi connectivity index (χ4n) is 6.03. The Hall–Kier alpha value is -3.97. The van der Waals surface area contributed by atoms with Crippen molar-refractivity contribution >= 4 is 56.0 Å². The van der Waals surface area contributed by atoms with Crippen molar-refractivity contribution in [3.05, 3.63) is 71.8 Å². The molecular formula is C38H55N7O4S2. The van der Waals surface area contributed by atoms with E-state index in [-0.39, 0.29) is 51.3 Å². The maximum atomic E-state index is 12.4. The molecule has 2 saturated heterocycles. The number of nitrogens with one attached hydrogen (secondary N) is 2. The van der Waals surface area contributed by atoms with Crippen molar-refractivity contribution < 1.29 is 19.1 Å². The second-order valence-corrected chi connectivity index (χ2v) is 15.0. The van der Waals surface area contributed by atoms with E-state index in [0.29, 0.717) is 19.0 Å². The van der Waals surface area contributed by atoms with Gasteiger partial charge in [-0.3, -0.25) is 4.90 Å². The van der Waals surface area contributed by atoms with Crippen molar-refractivity contribution in [1.29, 1.82) is 0 Å². The number of imidazole rings is 1. The van der Waals surface area contributed by atoms with Gasteiger partial charge in [-0.05, 0) is 98.8 Å². The third-order valence-corrected chi connectivity index (χ3v) is 8.39. The number of anilines is 1. The number of ether oxygens (including phenoxy) is 2. The minimum Gasteiger partial charge on any atom is -0.444 e. The first-order chi connectivity index (χ1) is 23.1. The molecule has 2 aliphatic rings. The number of fused-ring (bicyclic) bond motifs is 1. The summed E-state index contributed by atoms with van der Waals surface area (Å²) in [4.78, 5) is 45.2. The van der Waals surface area contributed by atoms with Gasteiger partial charge in [-0.2, -0.15) is 27.0 Å². The van der Waals surface area contributed by atoms with Crippen LogP contribution in [0.1, 0.15) is 90.2 Å². The molecule has 2 aliphatic heterocycles. The minimum absolute atomic E-state index is 0. The van der Waals surface area contributed by atoms with Crippen LogP contribution in [0.25, 0.3) is 22.2 Å². The molecule has 2 fully saturated rings. The average molecular weight is 738 g/mol. The predicted molar refractivity (Wildman–Crippen MR) is 213 cm³/mol. The predicted octanol–water partition coefficient (Wildman–Crippen LogP) is 8.43. The van der Waals surface area contributed by atoms with E-state index in [2.05, 4.69) is 69.4 Å². The molecule has 51 heavy (non-hydrogen) atoms. The number of benzene rings is 2. The molecule has 278 valence electrons. The fraction of sp³-hybridized carbons (Fsp3) is 0.500. The van der Waals surface area contributed by atoms with Crippen LogP contribution in [0.4, 0.5) is 15.5 Å². The van der Waals surface area contributed by atoms with Crippen molar-refractivity contribution in [1.82, 2.24) is 29.7 Å². The molecule has 4 heterocycles. The summed E-state index contributed by atoms with van der Waals surface area (Å²) in [6.07, 6.45) is 6.97. The third-order valence-electron chi connectivity index (χ3n) is 8.39. The molecule has 2 aromatic heterocycles. The van der Waals surface area contributed by atoms with E-state index in [9.17, 15) is 9.59 Å². The summed E-state index contributed by atoms with van der Waals surface area (Å²) in [5.41, 5.74) is 4.44. The van der Waals surface area contributed by atoms with Crippen LogP contribution in [-0.4, -0.2) is 78.8 Å².